The van der Waals surface area contributed by atoms with E-state index in [0.717, 1.165) is 5.56 Å². The molecular weight excluding hydrogens is 484 g/mol. The second kappa shape index (κ2) is 10.4. The van der Waals surface area contributed by atoms with Gasteiger partial charge < -0.3 is 23.7 Å². The molecule has 0 aromatic heterocycles. The fraction of sp³-hybridized carbons (Fsp3) is 0.154. The first-order valence-corrected chi connectivity index (χ1v) is 12.2. The summed E-state index contributed by atoms with van der Waals surface area (Å²) in [6, 6.07) is 17.4. The number of nitrogens with zero attached hydrogens (tertiary/aromatic N) is 1. The molecule has 0 aliphatic carbocycles. The molecule has 0 saturated carbocycles. The van der Waals surface area contributed by atoms with E-state index < -0.39 is 16.0 Å². The summed E-state index contributed by atoms with van der Waals surface area (Å²) < 4.78 is 46.8. The number of carbonyl (C=O) groups excluding carboxylic acids is 1. The van der Waals surface area contributed by atoms with Gasteiger partial charge in [0.25, 0.3) is 5.91 Å². The standard InChI is InChI=1S/C26H22N2O7S/c1-17-3-7-21(8-4-17)36(30,31)35-23-9-5-18(14-24(23)32-2)13-19(16-27)26(29)28-20-6-10-22-25(15-20)34-12-11-33-22/h3-10,13-15H,11-12H2,1-2H3,(H,28,29)/b19-13-. The third-order valence-corrected chi connectivity index (χ3v) is 6.42. The van der Waals surface area contributed by atoms with Crippen LogP contribution in [0.5, 0.6) is 23.0 Å². The molecule has 0 atom stereocenters. The summed E-state index contributed by atoms with van der Waals surface area (Å²) in [7, 11) is -2.73. The highest BCUT2D eigenvalue weighted by Gasteiger charge is 2.20. The average molecular weight is 507 g/mol. The fourth-order valence-electron chi connectivity index (χ4n) is 3.35. The van der Waals surface area contributed by atoms with E-state index in [0.29, 0.717) is 36.0 Å². The summed E-state index contributed by atoms with van der Waals surface area (Å²) in [6.07, 6.45) is 1.36. The van der Waals surface area contributed by atoms with Crippen LogP contribution in [-0.2, 0) is 14.9 Å². The molecule has 1 aliphatic rings. The third-order valence-electron chi connectivity index (χ3n) is 5.17. The molecule has 1 N–H and O–H groups in total. The van der Waals surface area contributed by atoms with Gasteiger partial charge >= 0.3 is 10.1 Å². The summed E-state index contributed by atoms with van der Waals surface area (Å²) in [5, 5.41) is 12.2. The van der Waals surface area contributed by atoms with Crippen molar-refractivity contribution in [2.45, 2.75) is 11.8 Å². The molecule has 1 amide bonds. The van der Waals surface area contributed by atoms with E-state index >= 15 is 0 Å². The van der Waals surface area contributed by atoms with Gasteiger partial charge in [-0.05, 0) is 55.0 Å². The number of nitrogens with one attached hydrogen (secondary N) is 1. The van der Waals surface area contributed by atoms with Crippen LogP contribution in [0.4, 0.5) is 5.69 Å². The van der Waals surface area contributed by atoms with Gasteiger partial charge in [0.1, 0.15) is 29.8 Å². The van der Waals surface area contributed by atoms with E-state index in [1.54, 1.807) is 30.3 Å². The van der Waals surface area contributed by atoms with E-state index in [2.05, 4.69) is 5.32 Å². The summed E-state index contributed by atoms with van der Waals surface area (Å²) in [4.78, 5) is 12.7. The Morgan fingerprint density at radius 3 is 2.42 bits per heavy atom. The highest BCUT2D eigenvalue weighted by atomic mass is 32.2. The molecule has 36 heavy (non-hydrogen) atoms. The summed E-state index contributed by atoms with van der Waals surface area (Å²) in [5.41, 5.74) is 1.61. The number of hydrogen-bond donors (Lipinski definition) is 1. The van der Waals surface area contributed by atoms with Crippen molar-refractivity contribution in [2.75, 3.05) is 25.6 Å². The molecule has 4 rings (SSSR count). The number of nitriles is 1. The minimum absolute atomic E-state index is 0.00158. The van der Waals surface area contributed by atoms with Crippen LogP contribution in [0.1, 0.15) is 11.1 Å². The zero-order chi connectivity index (χ0) is 25.7. The number of anilines is 1. The Morgan fingerprint density at radius 2 is 1.72 bits per heavy atom. The van der Waals surface area contributed by atoms with Crippen LogP contribution >= 0.6 is 0 Å². The Kier molecular flexibility index (Phi) is 7.12. The van der Waals surface area contributed by atoms with Crippen molar-refractivity contribution in [1.82, 2.24) is 0 Å². The smallest absolute Gasteiger partial charge is 0.339 e. The molecule has 0 unspecified atom stereocenters. The maximum Gasteiger partial charge on any atom is 0.339 e. The van der Waals surface area contributed by atoms with Crippen LogP contribution in [0.15, 0.2) is 71.1 Å². The number of carbonyl (C=O) groups is 1. The van der Waals surface area contributed by atoms with Gasteiger partial charge in [-0.25, -0.2) is 0 Å². The van der Waals surface area contributed by atoms with Crippen LogP contribution in [0.2, 0.25) is 0 Å². The van der Waals surface area contributed by atoms with Crippen LogP contribution in [0, 0.1) is 18.3 Å². The van der Waals surface area contributed by atoms with E-state index in [4.69, 9.17) is 18.4 Å². The Balaban J connectivity index is 1.53. The Morgan fingerprint density at radius 1 is 1.00 bits per heavy atom. The lowest BCUT2D eigenvalue weighted by Gasteiger charge is -2.18. The van der Waals surface area contributed by atoms with Crippen LogP contribution in [0.25, 0.3) is 6.08 Å². The third kappa shape index (κ3) is 5.59. The molecule has 10 heteroatoms. The predicted molar refractivity (Wildman–Crippen MR) is 132 cm³/mol. The lowest BCUT2D eigenvalue weighted by Crippen LogP contribution is -2.17. The maximum absolute atomic E-state index is 12.7. The van der Waals surface area contributed by atoms with Gasteiger partial charge in [-0.1, -0.05) is 23.8 Å². The number of rotatable bonds is 7. The molecule has 0 spiro atoms. The van der Waals surface area contributed by atoms with Gasteiger partial charge in [0.05, 0.1) is 7.11 Å². The summed E-state index contributed by atoms with van der Waals surface area (Å²) in [6.45, 7) is 2.70. The molecule has 3 aromatic rings. The monoisotopic (exact) mass is 506 g/mol. The number of aryl methyl sites for hydroxylation is 1. The molecule has 1 aliphatic heterocycles. The highest BCUT2D eigenvalue weighted by Crippen LogP contribution is 2.33. The maximum atomic E-state index is 12.7. The largest absolute Gasteiger partial charge is 0.493 e. The van der Waals surface area contributed by atoms with Crippen molar-refractivity contribution < 1.29 is 31.6 Å². The number of amides is 1. The second-order valence-electron chi connectivity index (χ2n) is 7.74. The SMILES string of the molecule is COc1cc(/C=C(/C#N)C(=O)Nc2ccc3c(c2)OCCO3)ccc1OS(=O)(=O)c1ccc(C)cc1. The molecule has 184 valence electrons. The molecule has 0 radical (unpaired) electrons. The molecule has 0 fully saturated rings. The first-order valence-electron chi connectivity index (χ1n) is 10.8. The van der Waals surface area contributed by atoms with Gasteiger partial charge in [0.2, 0.25) is 0 Å². The predicted octanol–water partition coefficient (Wildman–Crippen LogP) is 4.09. The van der Waals surface area contributed by atoms with Crippen molar-refractivity contribution in [2.24, 2.45) is 0 Å². The summed E-state index contributed by atoms with van der Waals surface area (Å²) >= 11 is 0. The van der Waals surface area contributed by atoms with Gasteiger partial charge in [0.15, 0.2) is 23.0 Å². The number of benzene rings is 3. The molecule has 9 nitrogen and oxygen atoms in total. The van der Waals surface area contributed by atoms with Gasteiger partial charge in [-0.2, -0.15) is 13.7 Å². The van der Waals surface area contributed by atoms with Crippen molar-refractivity contribution in [3.8, 4) is 29.1 Å². The number of methoxy groups -OCH3 is 1. The normalized spacial score (nSPS) is 12.9. The van der Waals surface area contributed by atoms with Crippen LogP contribution in [0.3, 0.4) is 0 Å². The van der Waals surface area contributed by atoms with Crippen molar-refractivity contribution in [1.29, 1.82) is 5.26 Å². The first-order chi connectivity index (χ1) is 17.3. The molecule has 0 saturated heterocycles. The van der Waals surface area contributed by atoms with Crippen molar-refractivity contribution >= 4 is 27.8 Å². The quantitative estimate of drug-likeness (QED) is 0.289. The Labute approximate surface area is 208 Å². The van der Waals surface area contributed by atoms with Gasteiger partial charge in [-0.15, -0.1) is 0 Å². The van der Waals surface area contributed by atoms with E-state index in [-0.39, 0.29) is 22.0 Å². The van der Waals surface area contributed by atoms with Gasteiger partial charge in [0, 0.05) is 11.8 Å². The molecule has 1 heterocycles. The van der Waals surface area contributed by atoms with E-state index in [9.17, 15) is 18.5 Å². The summed E-state index contributed by atoms with van der Waals surface area (Å²) in [5.74, 6) is 0.533. The minimum Gasteiger partial charge on any atom is -0.493 e. The van der Waals surface area contributed by atoms with E-state index in [1.807, 2.05) is 13.0 Å². The lowest BCUT2D eigenvalue weighted by molar-refractivity contribution is -0.112. The number of ether oxygens (including phenoxy) is 3. The second-order valence-corrected chi connectivity index (χ2v) is 9.29. The van der Waals surface area contributed by atoms with Crippen LogP contribution < -0.4 is 23.7 Å². The highest BCUT2D eigenvalue weighted by molar-refractivity contribution is 7.87. The first kappa shape index (κ1) is 24.6. The van der Waals surface area contributed by atoms with Crippen molar-refractivity contribution in [3.63, 3.8) is 0 Å². The minimum atomic E-state index is -4.09. The Bertz CT molecular complexity index is 1470. The number of hydrogen-bond acceptors (Lipinski definition) is 8. The average Bonchev–Trinajstić information content (AvgIpc) is 2.88. The Hall–Kier alpha value is -4.49. The number of fused-ring (bicyclic) bond motifs is 1. The zero-order valence-corrected chi connectivity index (χ0v) is 20.3. The lowest BCUT2D eigenvalue weighted by atomic mass is 10.1. The van der Waals surface area contributed by atoms with E-state index in [1.165, 1.54) is 43.5 Å². The zero-order valence-electron chi connectivity index (χ0n) is 19.5. The molecular formula is C26H22N2O7S. The topological polar surface area (TPSA) is 124 Å². The van der Waals surface area contributed by atoms with Crippen molar-refractivity contribution in [3.05, 3.63) is 77.4 Å². The molecule has 0 bridgehead atoms. The fourth-order valence-corrected chi connectivity index (χ4v) is 4.29. The van der Waals surface area contributed by atoms with Crippen LogP contribution in [-0.4, -0.2) is 34.6 Å². The molecule has 3 aromatic carbocycles. The van der Waals surface area contributed by atoms with Gasteiger partial charge in [-0.3, -0.25) is 4.79 Å².